The molecule has 1 fully saturated rings. The molecule has 2 aromatic rings. The number of imidazole rings is 1. The maximum atomic E-state index is 13.8. The van der Waals surface area contributed by atoms with Gasteiger partial charge in [0.25, 0.3) is 0 Å². The van der Waals surface area contributed by atoms with E-state index >= 15 is 0 Å². The van der Waals surface area contributed by atoms with Gasteiger partial charge in [-0.05, 0) is 25.0 Å². The molecule has 0 spiro atoms. The van der Waals surface area contributed by atoms with E-state index in [0.717, 1.165) is 24.2 Å². The van der Waals surface area contributed by atoms with Crippen LogP contribution in [0.25, 0.3) is 11.0 Å². The van der Waals surface area contributed by atoms with Crippen LogP contribution < -0.4 is 0 Å². The van der Waals surface area contributed by atoms with Gasteiger partial charge in [0.05, 0.1) is 11.6 Å². The van der Waals surface area contributed by atoms with Crippen LogP contribution >= 0.6 is 11.6 Å². The monoisotopic (exact) mass is 282 g/mol. The van der Waals surface area contributed by atoms with E-state index in [-0.39, 0.29) is 5.82 Å². The Morgan fingerprint density at radius 2 is 2.26 bits per heavy atom. The van der Waals surface area contributed by atoms with Gasteiger partial charge in [-0.25, -0.2) is 9.37 Å². The summed E-state index contributed by atoms with van der Waals surface area (Å²) in [5, 5.41) is 0. The van der Waals surface area contributed by atoms with E-state index in [0.29, 0.717) is 30.0 Å². The summed E-state index contributed by atoms with van der Waals surface area (Å²) in [5.74, 6) is 1.09. The minimum Gasteiger partial charge on any atom is -0.381 e. The van der Waals surface area contributed by atoms with Crippen molar-refractivity contribution in [3.63, 3.8) is 0 Å². The van der Waals surface area contributed by atoms with E-state index in [1.54, 1.807) is 13.2 Å². The maximum absolute atomic E-state index is 13.8. The first-order valence-electron chi connectivity index (χ1n) is 6.48. The molecule has 1 aliphatic rings. The Balaban J connectivity index is 2.05. The molecule has 1 heterocycles. The van der Waals surface area contributed by atoms with Gasteiger partial charge in [-0.2, -0.15) is 0 Å². The van der Waals surface area contributed by atoms with E-state index in [1.165, 1.54) is 6.07 Å². The number of methoxy groups -OCH3 is 1. The highest BCUT2D eigenvalue weighted by atomic mass is 35.5. The first-order valence-corrected chi connectivity index (χ1v) is 7.02. The molecule has 1 aromatic heterocycles. The molecule has 1 aliphatic carbocycles. The minimum atomic E-state index is -0.269. The molecule has 0 unspecified atom stereocenters. The van der Waals surface area contributed by atoms with Gasteiger partial charge >= 0.3 is 0 Å². The van der Waals surface area contributed by atoms with Crippen LogP contribution in [-0.4, -0.2) is 28.6 Å². The average Bonchev–Trinajstić information content (AvgIpc) is 2.69. The Labute approximate surface area is 116 Å². The number of para-hydroxylation sites is 1. The van der Waals surface area contributed by atoms with E-state index in [4.69, 9.17) is 16.3 Å². The number of benzene rings is 1. The fraction of sp³-hybridized carbons (Fsp3) is 0.500. The predicted molar refractivity (Wildman–Crippen MR) is 73.2 cm³/mol. The third kappa shape index (κ3) is 2.13. The number of nitrogens with zero attached hydrogens (tertiary/aromatic N) is 2. The third-order valence-electron chi connectivity index (χ3n) is 3.83. The van der Waals surface area contributed by atoms with Crippen molar-refractivity contribution in [2.24, 2.45) is 0 Å². The number of halogens is 2. The highest BCUT2D eigenvalue weighted by molar-refractivity contribution is 6.17. The van der Waals surface area contributed by atoms with Gasteiger partial charge in [-0.3, -0.25) is 0 Å². The van der Waals surface area contributed by atoms with Gasteiger partial charge in [0, 0.05) is 25.5 Å². The van der Waals surface area contributed by atoms with Crippen LogP contribution in [0, 0.1) is 5.82 Å². The van der Waals surface area contributed by atoms with Crippen LogP contribution in [-0.2, 0) is 11.2 Å². The summed E-state index contributed by atoms with van der Waals surface area (Å²) >= 11 is 5.83. The Kier molecular flexibility index (Phi) is 3.46. The minimum absolute atomic E-state index is 0.269. The first kappa shape index (κ1) is 12.9. The summed E-state index contributed by atoms with van der Waals surface area (Å²) in [6, 6.07) is 5.44. The van der Waals surface area contributed by atoms with Gasteiger partial charge in [0.1, 0.15) is 11.3 Å². The van der Waals surface area contributed by atoms with E-state index in [2.05, 4.69) is 9.55 Å². The van der Waals surface area contributed by atoms with Crippen LogP contribution in [0.5, 0.6) is 0 Å². The highest BCUT2D eigenvalue weighted by Gasteiger charge is 2.33. The summed E-state index contributed by atoms with van der Waals surface area (Å²) in [7, 11) is 1.73. The second kappa shape index (κ2) is 5.10. The smallest absolute Gasteiger partial charge is 0.151 e. The molecule has 1 aromatic carbocycles. The molecule has 0 radical (unpaired) electrons. The van der Waals surface area contributed by atoms with Crippen LogP contribution in [0.1, 0.15) is 24.7 Å². The number of fused-ring (bicyclic) bond motifs is 1. The number of rotatable bonds is 4. The molecular formula is C14H16ClFN2O. The summed E-state index contributed by atoms with van der Waals surface area (Å²) in [6.45, 7) is 0. The number of alkyl halides is 1. The predicted octanol–water partition coefficient (Wildman–Crippen LogP) is 3.31. The largest absolute Gasteiger partial charge is 0.381 e. The fourth-order valence-corrected chi connectivity index (χ4v) is 2.91. The highest BCUT2D eigenvalue weighted by Crippen LogP contribution is 2.37. The molecule has 1 saturated carbocycles. The van der Waals surface area contributed by atoms with Crippen molar-refractivity contribution in [1.29, 1.82) is 0 Å². The number of hydrogen-bond acceptors (Lipinski definition) is 2. The van der Waals surface area contributed by atoms with E-state index in [9.17, 15) is 4.39 Å². The first-order chi connectivity index (χ1) is 9.24. The molecule has 3 rings (SSSR count). The third-order valence-corrected chi connectivity index (χ3v) is 4.02. The number of aromatic nitrogens is 2. The second-order valence-corrected chi connectivity index (χ2v) is 5.31. The Hall–Kier alpha value is -1.13. The van der Waals surface area contributed by atoms with Crippen molar-refractivity contribution in [2.45, 2.75) is 31.4 Å². The van der Waals surface area contributed by atoms with Crippen molar-refractivity contribution in [1.82, 2.24) is 9.55 Å². The summed E-state index contributed by atoms with van der Waals surface area (Å²) in [5.41, 5.74) is 1.31. The summed E-state index contributed by atoms with van der Waals surface area (Å²) < 4.78 is 21.3. The average molecular weight is 283 g/mol. The quantitative estimate of drug-likeness (QED) is 0.805. The molecule has 0 aliphatic heterocycles. The van der Waals surface area contributed by atoms with Crippen molar-refractivity contribution < 1.29 is 9.13 Å². The lowest BCUT2D eigenvalue weighted by molar-refractivity contribution is 0.00664. The Bertz CT molecular complexity index is 592. The molecule has 0 amide bonds. The zero-order valence-electron chi connectivity index (χ0n) is 10.8. The van der Waals surface area contributed by atoms with Crippen molar-refractivity contribution in [2.75, 3.05) is 13.0 Å². The van der Waals surface area contributed by atoms with Crippen molar-refractivity contribution in [3.05, 3.63) is 29.8 Å². The second-order valence-electron chi connectivity index (χ2n) is 4.93. The number of ether oxygens (including phenoxy) is 1. The normalized spacial score (nSPS) is 22.7. The van der Waals surface area contributed by atoms with Crippen LogP contribution in [0.3, 0.4) is 0 Å². The van der Waals surface area contributed by atoms with Gasteiger partial charge in [0.2, 0.25) is 0 Å². The zero-order chi connectivity index (χ0) is 13.4. The maximum Gasteiger partial charge on any atom is 0.151 e. The molecule has 0 bridgehead atoms. The fourth-order valence-electron chi connectivity index (χ4n) is 2.74. The lowest BCUT2D eigenvalue weighted by Gasteiger charge is -2.36. The zero-order valence-corrected chi connectivity index (χ0v) is 11.5. The van der Waals surface area contributed by atoms with Crippen molar-refractivity contribution >= 4 is 22.6 Å². The summed E-state index contributed by atoms with van der Waals surface area (Å²) in [6.07, 6.45) is 2.87. The molecular weight excluding hydrogens is 267 g/mol. The van der Waals surface area contributed by atoms with Crippen LogP contribution in [0.4, 0.5) is 4.39 Å². The molecule has 102 valence electrons. The lowest BCUT2D eigenvalue weighted by Crippen LogP contribution is -2.33. The van der Waals surface area contributed by atoms with E-state index < -0.39 is 0 Å². The van der Waals surface area contributed by atoms with Crippen LogP contribution in [0.2, 0.25) is 0 Å². The Morgan fingerprint density at radius 1 is 1.47 bits per heavy atom. The molecule has 0 saturated heterocycles. The van der Waals surface area contributed by atoms with E-state index in [1.807, 2.05) is 6.07 Å². The number of hydrogen-bond donors (Lipinski definition) is 0. The standard InChI is InChI=1S/C14H16ClFN2O/c1-19-10-7-9(8-10)18-12-4-2-3-11(16)14(12)17-13(18)5-6-15/h2-4,9-10H,5-8H2,1H3. The molecule has 19 heavy (non-hydrogen) atoms. The Morgan fingerprint density at radius 3 is 2.95 bits per heavy atom. The SMILES string of the molecule is COC1CC(n2c(CCCl)nc3c(F)cccc32)C1. The van der Waals surface area contributed by atoms with Gasteiger partial charge in [0.15, 0.2) is 5.82 Å². The molecule has 0 N–H and O–H groups in total. The van der Waals surface area contributed by atoms with Crippen LogP contribution in [0.15, 0.2) is 18.2 Å². The van der Waals surface area contributed by atoms with Gasteiger partial charge in [-0.15, -0.1) is 11.6 Å². The molecule has 5 heteroatoms. The van der Waals surface area contributed by atoms with Gasteiger partial charge < -0.3 is 9.30 Å². The summed E-state index contributed by atoms with van der Waals surface area (Å²) in [4.78, 5) is 4.42. The van der Waals surface area contributed by atoms with Crippen molar-refractivity contribution in [3.8, 4) is 0 Å². The molecule has 3 nitrogen and oxygen atoms in total. The topological polar surface area (TPSA) is 27.1 Å². The van der Waals surface area contributed by atoms with Gasteiger partial charge in [-0.1, -0.05) is 6.07 Å². The molecule has 0 atom stereocenters. The lowest BCUT2D eigenvalue weighted by atomic mass is 9.88. The number of aryl methyl sites for hydroxylation is 1.